The van der Waals surface area contributed by atoms with Crippen molar-refractivity contribution in [1.82, 2.24) is 9.21 Å². The number of nitrogens with zero attached hydrogens (tertiary/aromatic N) is 2. The van der Waals surface area contributed by atoms with Gasteiger partial charge in [0.05, 0.1) is 11.5 Å². The lowest BCUT2D eigenvalue weighted by Gasteiger charge is -2.33. The Bertz CT molecular complexity index is 540. The Morgan fingerprint density at radius 1 is 1.20 bits per heavy atom. The van der Waals surface area contributed by atoms with Gasteiger partial charge in [-0.2, -0.15) is 4.31 Å². The molecule has 0 aromatic heterocycles. The highest BCUT2D eigenvalue weighted by Crippen LogP contribution is 2.18. The molecule has 1 aliphatic heterocycles. The van der Waals surface area contributed by atoms with Crippen LogP contribution in [0.2, 0.25) is 0 Å². The van der Waals surface area contributed by atoms with Gasteiger partial charge in [0.2, 0.25) is 10.0 Å². The van der Waals surface area contributed by atoms with E-state index < -0.39 is 10.0 Å². The minimum Gasteiger partial charge on any atom is -0.395 e. The van der Waals surface area contributed by atoms with Crippen LogP contribution >= 0.6 is 0 Å². The zero-order valence-electron chi connectivity index (χ0n) is 11.4. The minimum absolute atomic E-state index is 0.102. The maximum atomic E-state index is 12.5. The predicted octanol–water partition coefficient (Wildman–Crippen LogP) is -0.556. The number of β-amino-alcohol motifs (C(OH)–C–C–N with tert-alkyl or cyclic N) is 1. The van der Waals surface area contributed by atoms with Crippen molar-refractivity contribution in [3.05, 3.63) is 29.8 Å². The molecule has 0 atom stereocenters. The van der Waals surface area contributed by atoms with Crippen LogP contribution in [0, 0.1) is 0 Å². The molecule has 0 aliphatic carbocycles. The number of aliphatic hydroxyl groups excluding tert-OH is 1. The molecule has 0 saturated carbocycles. The first kappa shape index (κ1) is 15.4. The summed E-state index contributed by atoms with van der Waals surface area (Å²) in [5, 5.41) is 8.89. The molecule has 0 radical (unpaired) electrons. The average Bonchev–Trinajstić information content (AvgIpc) is 2.48. The minimum atomic E-state index is -3.44. The molecule has 1 fully saturated rings. The summed E-state index contributed by atoms with van der Waals surface area (Å²) in [4.78, 5) is 2.36. The third-order valence-corrected chi connectivity index (χ3v) is 5.41. The van der Waals surface area contributed by atoms with Crippen LogP contribution in [0.5, 0.6) is 0 Å². The zero-order valence-corrected chi connectivity index (χ0v) is 12.2. The molecular formula is C13H21N3O3S. The van der Waals surface area contributed by atoms with Crippen molar-refractivity contribution in [3.63, 3.8) is 0 Å². The quantitative estimate of drug-likeness (QED) is 0.761. The number of piperazine rings is 1. The zero-order chi connectivity index (χ0) is 14.6. The van der Waals surface area contributed by atoms with Gasteiger partial charge in [-0.25, -0.2) is 8.42 Å². The van der Waals surface area contributed by atoms with E-state index in [2.05, 4.69) is 4.90 Å². The van der Waals surface area contributed by atoms with Gasteiger partial charge in [-0.3, -0.25) is 4.90 Å². The van der Waals surface area contributed by atoms with Crippen molar-refractivity contribution in [2.45, 2.75) is 11.4 Å². The normalized spacial score (nSPS) is 18.3. The highest BCUT2D eigenvalue weighted by molar-refractivity contribution is 7.89. The number of benzene rings is 1. The molecule has 0 spiro atoms. The lowest BCUT2D eigenvalue weighted by Crippen LogP contribution is -2.49. The Morgan fingerprint density at radius 3 is 2.50 bits per heavy atom. The van der Waals surface area contributed by atoms with Crippen LogP contribution in [0.3, 0.4) is 0 Å². The van der Waals surface area contributed by atoms with Gasteiger partial charge < -0.3 is 10.8 Å². The Labute approximate surface area is 119 Å². The van der Waals surface area contributed by atoms with Gasteiger partial charge in [0, 0.05) is 39.3 Å². The molecule has 20 heavy (non-hydrogen) atoms. The van der Waals surface area contributed by atoms with Gasteiger partial charge in [-0.05, 0) is 17.7 Å². The van der Waals surface area contributed by atoms with Gasteiger partial charge in [-0.1, -0.05) is 12.1 Å². The molecule has 1 aromatic carbocycles. The molecule has 6 nitrogen and oxygen atoms in total. The smallest absolute Gasteiger partial charge is 0.243 e. The Morgan fingerprint density at radius 2 is 1.90 bits per heavy atom. The Balaban J connectivity index is 2.11. The third kappa shape index (κ3) is 3.36. The number of nitrogens with two attached hydrogens (primary N) is 1. The molecule has 1 aromatic rings. The number of hydrogen-bond donors (Lipinski definition) is 2. The first-order valence-electron chi connectivity index (χ1n) is 6.70. The molecule has 1 aliphatic rings. The SMILES string of the molecule is NCc1cccc(S(=O)(=O)N2CCN(CCO)CC2)c1. The lowest BCUT2D eigenvalue weighted by atomic mass is 10.2. The van der Waals surface area contributed by atoms with Crippen LogP contribution in [0.1, 0.15) is 5.56 Å². The van der Waals surface area contributed by atoms with Crippen molar-refractivity contribution >= 4 is 10.0 Å². The molecule has 0 amide bonds. The molecule has 2 rings (SSSR count). The van der Waals surface area contributed by atoms with E-state index in [0.29, 0.717) is 44.2 Å². The molecule has 3 N–H and O–H groups in total. The van der Waals surface area contributed by atoms with Gasteiger partial charge >= 0.3 is 0 Å². The van der Waals surface area contributed by atoms with Crippen LogP contribution in [-0.4, -0.2) is 62.1 Å². The third-order valence-electron chi connectivity index (χ3n) is 3.52. The number of sulfonamides is 1. The van der Waals surface area contributed by atoms with Crippen molar-refractivity contribution in [2.24, 2.45) is 5.73 Å². The van der Waals surface area contributed by atoms with Crippen molar-refractivity contribution < 1.29 is 13.5 Å². The molecule has 0 unspecified atom stereocenters. The first-order chi connectivity index (χ1) is 9.57. The van der Waals surface area contributed by atoms with E-state index in [9.17, 15) is 8.42 Å². The van der Waals surface area contributed by atoms with Crippen LogP contribution in [0.25, 0.3) is 0 Å². The second-order valence-corrected chi connectivity index (χ2v) is 6.76. The fourth-order valence-corrected chi connectivity index (χ4v) is 3.81. The van der Waals surface area contributed by atoms with Crippen molar-refractivity contribution in [3.8, 4) is 0 Å². The fourth-order valence-electron chi connectivity index (χ4n) is 2.32. The average molecular weight is 299 g/mol. The summed E-state index contributed by atoms with van der Waals surface area (Å²) < 4.78 is 26.6. The van der Waals surface area contributed by atoms with E-state index in [4.69, 9.17) is 10.8 Å². The van der Waals surface area contributed by atoms with E-state index in [1.165, 1.54) is 4.31 Å². The highest BCUT2D eigenvalue weighted by Gasteiger charge is 2.28. The van der Waals surface area contributed by atoms with Crippen molar-refractivity contribution in [1.29, 1.82) is 0 Å². The van der Waals surface area contributed by atoms with Crippen LogP contribution in [-0.2, 0) is 16.6 Å². The molecule has 1 heterocycles. The van der Waals surface area contributed by atoms with Crippen LogP contribution in [0.4, 0.5) is 0 Å². The van der Waals surface area contributed by atoms with E-state index >= 15 is 0 Å². The Hall–Kier alpha value is -0.990. The van der Waals surface area contributed by atoms with E-state index in [1.807, 2.05) is 6.07 Å². The largest absolute Gasteiger partial charge is 0.395 e. The summed E-state index contributed by atoms with van der Waals surface area (Å²) in [7, 11) is -3.44. The van der Waals surface area contributed by atoms with Gasteiger partial charge in [0.1, 0.15) is 0 Å². The number of aliphatic hydroxyl groups is 1. The lowest BCUT2D eigenvalue weighted by molar-refractivity contribution is 0.151. The maximum Gasteiger partial charge on any atom is 0.243 e. The first-order valence-corrected chi connectivity index (χ1v) is 8.14. The van der Waals surface area contributed by atoms with E-state index in [1.54, 1.807) is 18.2 Å². The highest BCUT2D eigenvalue weighted by atomic mass is 32.2. The number of hydrogen-bond acceptors (Lipinski definition) is 5. The standard InChI is InChI=1S/C13H21N3O3S/c14-11-12-2-1-3-13(10-12)20(18,19)16-6-4-15(5-7-16)8-9-17/h1-3,10,17H,4-9,11,14H2. The summed E-state index contributed by atoms with van der Waals surface area (Å²) >= 11 is 0. The summed E-state index contributed by atoms with van der Waals surface area (Å²) in [6, 6.07) is 6.78. The van der Waals surface area contributed by atoms with Crippen molar-refractivity contribution in [2.75, 3.05) is 39.3 Å². The fraction of sp³-hybridized carbons (Fsp3) is 0.538. The Kier molecular flexibility index (Phi) is 5.11. The maximum absolute atomic E-state index is 12.5. The van der Waals surface area contributed by atoms with Gasteiger partial charge in [0.25, 0.3) is 0 Å². The summed E-state index contributed by atoms with van der Waals surface area (Å²) in [6.07, 6.45) is 0. The molecule has 7 heteroatoms. The van der Waals surface area contributed by atoms with Crippen LogP contribution < -0.4 is 5.73 Å². The van der Waals surface area contributed by atoms with E-state index in [0.717, 1.165) is 5.56 Å². The van der Waals surface area contributed by atoms with Crippen LogP contribution in [0.15, 0.2) is 29.2 Å². The van der Waals surface area contributed by atoms with Gasteiger partial charge in [0.15, 0.2) is 0 Å². The molecule has 0 bridgehead atoms. The topological polar surface area (TPSA) is 86.9 Å². The summed E-state index contributed by atoms with van der Waals surface area (Å²) in [5.74, 6) is 0. The molecular weight excluding hydrogens is 278 g/mol. The number of rotatable bonds is 5. The summed E-state index contributed by atoms with van der Waals surface area (Å²) in [5.41, 5.74) is 6.36. The second-order valence-electron chi connectivity index (χ2n) is 4.82. The molecule has 112 valence electrons. The monoisotopic (exact) mass is 299 g/mol. The molecule has 1 saturated heterocycles. The predicted molar refractivity (Wildman–Crippen MR) is 76.6 cm³/mol. The van der Waals surface area contributed by atoms with Gasteiger partial charge in [-0.15, -0.1) is 0 Å². The second kappa shape index (κ2) is 6.64. The van der Waals surface area contributed by atoms with E-state index in [-0.39, 0.29) is 6.61 Å². The summed E-state index contributed by atoms with van der Waals surface area (Å²) in [6.45, 7) is 3.23.